The van der Waals surface area contributed by atoms with Crippen LogP contribution in [0.3, 0.4) is 0 Å². The molecule has 0 fully saturated rings. The number of unbranched alkanes of at least 4 members (excludes halogenated alkanes) is 1. The Kier molecular flexibility index (Phi) is 8.69. The van der Waals surface area contributed by atoms with E-state index < -0.39 is 0 Å². The Morgan fingerprint density at radius 2 is 1.77 bits per heavy atom. The molecule has 0 amide bonds. The van der Waals surface area contributed by atoms with Crippen molar-refractivity contribution in [3.63, 3.8) is 0 Å². The average Bonchev–Trinajstić information content (AvgIpc) is 3.27. The summed E-state index contributed by atoms with van der Waals surface area (Å²) in [5.74, 6) is 2.64. The number of aromatic nitrogens is 2. The summed E-state index contributed by atoms with van der Waals surface area (Å²) in [6, 6.07) is 20.9. The van der Waals surface area contributed by atoms with Crippen LogP contribution in [-0.4, -0.2) is 34.8 Å². The summed E-state index contributed by atoms with van der Waals surface area (Å²) in [5.41, 5.74) is 3.50. The number of hydrogen-bond acceptors (Lipinski definition) is 5. The first kappa shape index (κ1) is 27.0. The van der Waals surface area contributed by atoms with Crippen LogP contribution >= 0.6 is 11.6 Å². The van der Waals surface area contributed by atoms with Gasteiger partial charge in [-0.25, -0.2) is 9.37 Å². The summed E-state index contributed by atoms with van der Waals surface area (Å²) in [6.45, 7) is 5.40. The number of halogens is 2. The average molecular weight is 550 g/mol. The molecule has 0 unspecified atom stereocenters. The molecule has 5 rings (SSSR count). The van der Waals surface area contributed by atoms with Gasteiger partial charge in [0.05, 0.1) is 12.8 Å². The third kappa shape index (κ3) is 6.37. The Morgan fingerprint density at radius 3 is 2.54 bits per heavy atom. The van der Waals surface area contributed by atoms with E-state index in [0.717, 1.165) is 53.5 Å². The van der Waals surface area contributed by atoms with Gasteiger partial charge in [0, 0.05) is 37.3 Å². The third-order valence-electron chi connectivity index (χ3n) is 6.82. The van der Waals surface area contributed by atoms with Gasteiger partial charge in [-0.3, -0.25) is 4.90 Å². The number of ether oxygens (including phenoxy) is 3. The minimum Gasteiger partial charge on any atom is -0.497 e. The highest BCUT2D eigenvalue weighted by Gasteiger charge is 2.22. The van der Waals surface area contributed by atoms with E-state index >= 15 is 0 Å². The van der Waals surface area contributed by atoms with Crippen LogP contribution in [0.15, 0.2) is 66.7 Å². The zero-order chi connectivity index (χ0) is 27.2. The summed E-state index contributed by atoms with van der Waals surface area (Å²) in [6.07, 6.45) is 2.03. The fourth-order valence-electron chi connectivity index (χ4n) is 4.84. The van der Waals surface area contributed by atoms with E-state index in [1.807, 2.05) is 48.5 Å². The van der Waals surface area contributed by atoms with Gasteiger partial charge in [-0.05, 0) is 42.3 Å². The molecule has 8 heteroatoms. The molecule has 39 heavy (non-hydrogen) atoms. The molecule has 4 aromatic rings. The molecular weight excluding hydrogens is 517 g/mol. The maximum atomic E-state index is 15.0. The molecule has 6 nitrogen and oxygen atoms in total. The number of imidazole rings is 1. The molecule has 0 N–H and O–H groups in total. The molecule has 0 saturated heterocycles. The van der Waals surface area contributed by atoms with E-state index in [1.165, 1.54) is 6.07 Å². The SMILES string of the molecule is CCCCn1c(-c2ccccc2)nc(Cl)c1CN(Cc1ccc2c(c1)OCCO2)Cc1cc(OC)ccc1F. The van der Waals surface area contributed by atoms with Crippen LogP contribution in [0.4, 0.5) is 4.39 Å². The van der Waals surface area contributed by atoms with Gasteiger partial charge in [0.15, 0.2) is 16.7 Å². The van der Waals surface area contributed by atoms with Crippen LogP contribution in [0.1, 0.15) is 36.6 Å². The quantitative estimate of drug-likeness (QED) is 0.199. The molecule has 0 aliphatic carbocycles. The van der Waals surface area contributed by atoms with Crippen LogP contribution in [0, 0.1) is 5.82 Å². The third-order valence-corrected chi connectivity index (χ3v) is 7.13. The standard InChI is InChI=1S/C31H33ClFN3O3/c1-3-4-14-36-27(30(32)34-31(36)23-8-6-5-7-9-23)21-35(20-24-18-25(37-2)11-12-26(24)33)19-22-10-13-28-29(17-22)39-16-15-38-28/h5-13,17-18H,3-4,14-16,19-21H2,1-2H3. The highest BCUT2D eigenvalue weighted by molar-refractivity contribution is 6.30. The topological polar surface area (TPSA) is 48.8 Å². The minimum absolute atomic E-state index is 0.279. The second-order valence-corrected chi connectivity index (χ2v) is 9.98. The lowest BCUT2D eigenvalue weighted by Gasteiger charge is -2.25. The van der Waals surface area contributed by atoms with Crippen molar-refractivity contribution in [2.24, 2.45) is 0 Å². The first-order chi connectivity index (χ1) is 19.1. The van der Waals surface area contributed by atoms with Crippen molar-refractivity contribution in [3.05, 3.63) is 94.5 Å². The van der Waals surface area contributed by atoms with Crippen molar-refractivity contribution in [2.45, 2.75) is 45.9 Å². The Bertz CT molecular complexity index is 1410. The van der Waals surface area contributed by atoms with Gasteiger partial charge in [0.1, 0.15) is 30.6 Å². The molecule has 3 aromatic carbocycles. The molecule has 1 aliphatic rings. The van der Waals surface area contributed by atoms with Gasteiger partial charge < -0.3 is 18.8 Å². The van der Waals surface area contributed by atoms with Crippen molar-refractivity contribution in [1.82, 2.24) is 14.5 Å². The van der Waals surface area contributed by atoms with Gasteiger partial charge in [-0.1, -0.05) is 61.3 Å². The summed E-state index contributed by atoms with van der Waals surface area (Å²) < 4.78 is 34.0. The molecule has 0 bridgehead atoms. The van der Waals surface area contributed by atoms with Crippen LogP contribution in [0.25, 0.3) is 11.4 Å². The molecule has 0 saturated carbocycles. The normalized spacial score (nSPS) is 12.6. The van der Waals surface area contributed by atoms with E-state index in [2.05, 4.69) is 16.4 Å². The van der Waals surface area contributed by atoms with Gasteiger partial charge in [-0.15, -0.1) is 0 Å². The Labute approximate surface area is 233 Å². The van der Waals surface area contributed by atoms with E-state index in [-0.39, 0.29) is 5.82 Å². The number of fused-ring (bicyclic) bond motifs is 1. The van der Waals surface area contributed by atoms with Gasteiger partial charge in [0.25, 0.3) is 0 Å². The summed E-state index contributed by atoms with van der Waals surface area (Å²) in [7, 11) is 1.58. The maximum Gasteiger partial charge on any atom is 0.161 e. The molecule has 0 radical (unpaired) electrons. The van der Waals surface area contributed by atoms with Crippen LogP contribution in [-0.2, 0) is 26.2 Å². The van der Waals surface area contributed by atoms with E-state index in [0.29, 0.717) is 49.3 Å². The van der Waals surface area contributed by atoms with Crippen LogP contribution in [0.5, 0.6) is 17.2 Å². The van der Waals surface area contributed by atoms with Crippen molar-refractivity contribution < 1.29 is 18.6 Å². The number of methoxy groups -OCH3 is 1. The summed E-state index contributed by atoms with van der Waals surface area (Å²) >= 11 is 6.81. The zero-order valence-electron chi connectivity index (χ0n) is 22.3. The summed E-state index contributed by atoms with van der Waals surface area (Å²) in [5, 5.41) is 0.461. The number of hydrogen-bond donors (Lipinski definition) is 0. The molecule has 1 aliphatic heterocycles. The van der Waals surface area contributed by atoms with E-state index in [9.17, 15) is 4.39 Å². The fourth-order valence-corrected chi connectivity index (χ4v) is 5.08. The lowest BCUT2D eigenvalue weighted by Crippen LogP contribution is -2.25. The zero-order valence-corrected chi connectivity index (χ0v) is 23.1. The summed E-state index contributed by atoms with van der Waals surface area (Å²) in [4.78, 5) is 6.94. The Morgan fingerprint density at radius 1 is 0.974 bits per heavy atom. The molecule has 0 spiro atoms. The lowest BCUT2D eigenvalue weighted by atomic mass is 10.1. The monoisotopic (exact) mass is 549 g/mol. The highest BCUT2D eigenvalue weighted by Crippen LogP contribution is 2.33. The first-order valence-corrected chi connectivity index (χ1v) is 13.7. The minimum atomic E-state index is -0.279. The molecule has 0 atom stereocenters. The molecule has 1 aromatic heterocycles. The van der Waals surface area contributed by atoms with Crippen LogP contribution in [0.2, 0.25) is 5.15 Å². The second-order valence-electron chi connectivity index (χ2n) is 9.62. The second kappa shape index (κ2) is 12.5. The van der Waals surface area contributed by atoms with Crippen molar-refractivity contribution in [1.29, 1.82) is 0 Å². The van der Waals surface area contributed by atoms with E-state index in [1.54, 1.807) is 19.2 Å². The smallest absolute Gasteiger partial charge is 0.161 e. The first-order valence-electron chi connectivity index (χ1n) is 13.3. The number of nitrogens with zero attached hydrogens (tertiary/aromatic N) is 3. The molecule has 204 valence electrons. The largest absolute Gasteiger partial charge is 0.497 e. The fraction of sp³-hybridized carbons (Fsp3) is 0.323. The van der Waals surface area contributed by atoms with E-state index in [4.69, 9.17) is 30.8 Å². The Balaban J connectivity index is 1.51. The molecular formula is C31H33ClFN3O3. The van der Waals surface area contributed by atoms with Crippen LogP contribution < -0.4 is 14.2 Å². The predicted octanol–water partition coefficient (Wildman–Crippen LogP) is 7.12. The maximum absolute atomic E-state index is 15.0. The molecule has 2 heterocycles. The highest BCUT2D eigenvalue weighted by atomic mass is 35.5. The van der Waals surface area contributed by atoms with Gasteiger partial charge in [0.2, 0.25) is 0 Å². The van der Waals surface area contributed by atoms with Crippen molar-refractivity contribution in [2.75, 3.05) is 20.3 Å². The van der Waals surface area contributed by atoms with Gasteiger partial charge in [-0.2, -0.15) is 0 Å². The number of rotatable bonds is 11. The Hall–Kier alpha value is -3.55. The van der Waals surface area contributed by atoms with Crippen molar-refractivity contribution >= 4 is 11.6 Å². The number of benzene rings is 3. The predicted molar refractivity (Wildman–Crippen MR) is 151 cm³/mol. The lowest BCUT2D eigenvalue weighted by molar-refractivity contribution is 0.170. The van der Waals surface area contributed by atoms with Gasteiger partial charge >= 0.3 is 0 Å². The van der Waals surface area contributed by atoms with Crippen molar-refractivity contribution in [3.8, 4) is 28.6 Å².